The molecule has 0 heterocycles. The van der Waals surface area contributed by atoms with Crippen molar-refractivity contribution >= 4 is 5.97 Å². The largest absolute Gasteiger partial charge is 0.490 e. The Hall–Kier alpha value is -1.55. The van der Waals surface area contributed by atoms with E-state index < -0.39 is 17.7 Å². The summed E-state index contributed by atoms with van der Waals surface area (Å²) in [5, 5.41) is 9.54. The fourth-order valence-corrected chi connectivity index (χ4v) is 1.13. The van der Waals surface area contributed by atoms with Gasteiger partial charge in [-0.2, -0.15) is 0 Å². The quantitative estimate of drug-likeness (QED) is 0.812. The number of esters is 1. The predicted molar refractivity (Wildman–Crippen MR) is 63.8 cm³/mol. The third kappa shape index (κ3) is 5.36. The molecule has 1 aromatic carbocycles. The Kier molecular flexibility index (Phi) is 4.52. The first kappa shape index (κ1) is 13.5. The van der Waals surface area contributed by atoms with Gasteiger partial charge in [-0.3, -0.25) is 0 Å². The number of aliphatic hydroxyl groups excluding tert-OH is 1. The molecule has 0 aliphatic carbocycles. The van der Waals surface area contributed by atoms with Crippen LogP contribution >= 0.6 is 0 Å². The Labute approximate surface area is 101 Å². The van der Waals surface area contributed by atoms with E-state index in [1.165, 1.54) is 0 Å². The number of para-hydroxylation sites is 1. The molecule has 0 aliphatic rings. The van der Waals surface area contributed by atoms with Gasteiger partial charge >= 0.3 is 5.97 Å². The Morgan fingerprint density at radius 1 is 1.29 bits per heavy atom. The van der Waals surface area contributed by atoms with Crippen molar-refractivity contribution in [3.8, 4) is 5.75 Å². The van der Waals surface area contributed by atoms with Gasteiger partial charge in [-0.1, -0.05) is 18.2 Å². The lowest BCUT2D eigenvalue weighted by atomic mass is 10.2. The zero-order chi connectivity index (χ0) is 12.9. The molecule has 0 aromatic heterocycles. The normalized spacial score (nSPS) is 12.9. The third-order valence-corrected chi connectivity index (χ3v) is 1.83. The number of hydrogen-bond donors (Lipinski definition) is 1. The minimum atomic E-state index is -1.27. The van der Waals surface area contributed by atoms with E-state index in [1.54, 1.807) is 32.9 Å². The second-order valence-electron chi connectivity index (χ2n) is 4.67. The Morgan fingerprint density at radius 2 is 1.88 bits per heavy atom. The summed E-state index contributed by atoms with van der Waals surface area (Å²) in [6.45, 7) is 5.12. The van der Waals surface area contributed by atoms with Crippen LogP contribution in [0, 0.1) is 0 Å². The number of benzene rings is 1. The van der Waals surface area contributed by atoms with Gasteiger partial charge in [0, 0.05) is 0 Å². The molecule has 1 N–H and O–H groups in total. The summed E-state index contributed by atoms with van der Waals surface area (Å²) in [6.07, 6.45) is -1.27. The predicted octanol–water partition coefficient (Wildman–Crippen LogP) is 1.77. The topological polar surface area (TPSA) is 55.8 Å². The highest BCUT2D eigenvalue weighted by molar-refractivity contribution is 5.74. The highest BCUT2D eigenvalue weighted by atomic mass is 16.6. The molecular weight excluding hydrogens is 220 g/mol. The lowest BCUT2D eigenvalue weighted by molar-refractivity contribution is -0.166. The van der Waals surface area contributed by atoms with E-state index in [1.807, 2.05) is 18.2 Å². The number of hydrogen-bond acceptors (Lipinski definition) is 4. The van der Waals surface area contributed by atoms with Gasteiger partial charge in [0.2, 0.25) is 0 Å². The summed E-state index contributed by atoms with van der Waals surface area (Å²) >= 11 is 0. The van der Waals surface area contributed by atoms with Gasteiger partial charge in [-0.15, -0.1) is 0 Å². The van der Waals surface area contributed by atoms with E-state index >= 15 is 0 Å². The number of rotatable bonds is 4. The summed E-state index contributed by atoms with van der Waals surface area (Å²) in [5.41, 5.74) is -0.606. The molecular formula is C13H18O4. The molecule has 1 unspecified atom stereocenters. The molecule has 1 rings (SSSR count). The fraction of sp³-hybridized carbons (Fsp3) is 0.462. The van der Waals surface area contributed by atoms with Crippen LogP contribution in [0.1, 0.15) is 20.8 Å². The van der Waals surface area contributed by atoms with Crippen molar-refractivity contribution in [2.24, 2.45) is 0 Å². The maximum atomic E-state index is 11.4. The molecule has 0 fully saturated rings. The molecule has 0 amide bonds. The van der Waals surface area contributed by atoms with Crippen LogP contribution in [0.5, 0.6) is 5.75 Å². The Balaban J connectivity index is 2.40. The summed E-state index contributed by atoms with van der Waals surface area (Å²) in [7, 11) is 0. The van der Waals surface area contributed by atoms with E-state index in [2.05, 4.69) is 0 Å². The lowest BCUT2D eigenvalue weighted by Crippen LogP contribution is -2.35. The standard InChI is InChI=1S/C13H18O4/c1-13(2,3)17-12(15)11(14)9-16-10-7-5-4-6-8-10/h4-8,11,14H,9H2,1-3H3. The van der Waals surface area contributed by atoms with Crippen molar-refractivity contribution < 1.29 is 19.4 Å². The first-order chi connectivity index (χ1) is 7.88. The molecule has 0 saturated carbocycles. The van der Waals surface area contributed by atoms with Crippen molar-refractivity contribution in [2.75, 3.05) is 6.61 Å². The highest BCUT2D eigenvalue weighted by Gasteiger charge is 2.23. The number of carbonyl (C=O) groups is 1. The maximum absolute atomic E-state index is 11.4. The van der Waals surface area contributed by atoms with Gasteiger partial charge in [0.05, 0.1) is 0 Å². The number of ether oxygens (including phenoxy) is 2. The van der Waals surface area contributed by atoms with Crippen molar-refractivity contribution in [1.82, 2.24) is 0 Å². The SMILES string of the molecule is CC(C)(C)OC(=O)C(O)COc1ccccc1. The Bertz CT molecular complexity index is 353. The van der Waals surface area contributed by atoms with E-state index in [4.69, 9.17) is 9.47 Å². The molecule has 0 saturated heterocycles. The zero-order valence-electron chi connectivity index (χ0n) is 10.3. The van der Waals surface area contributed by atoms with Crippen LogP contribution in [0.3, 0.4) is 0 Å². The molecule has 4 heteroatoms. The molecule has 17 heavy (non-hydrogen) atoms. The fourth-order valence-electron chi connectivity index (χ4n) is 1.13. The van der Waals surface area contributed by atoms with Crippen LogP contribution in [-0.4, -0.2) is 29.4 Å². The monoisotopic (exact) mass is 238 g/mol. The van der Waals surface area contributed by atoms with E-state index in [0.717, 1.165) is 0 Å². The van der Waals surface area contributed by atoms with Gasteiger partial charge in [-0.25, -0.2) is 4.79 Å². The van der Waals surface area contributed by atoms with E-state index in [9.17, 15) is 9.90 Å². The van der Waals surface area contributed by atoms with Gasteiger partial charge in [0.1, 0.15) is 18.0 Å². The van der Waals surface area contributed by atoms with Crippen molar-refractivity contribution in [2.45, 2.75) is 32.5 Å². The third-order valence-electron chi connectivity index (χ3n) is 1.83. The second-order valence-corrected chi connectivity index (χ2v) is 4.67. The minimum absolute atomic E-state index is 0.112. The average molecular weight is 238 g/mol. The summed E-state index contributed by atoms with van der Waals surface area (Å²) in [5.74, 6) is -0.0662. The number of aliphatic hydroxyl groups is 1. The molecule has 0 aliphatic heterocycles. The summed E-state index contributed by atoms with van der Waals surface area (Å²) in [4.78, 5) is 11.4. The van der Waals surface area contributed by atoms with Crippen LogP contribution in [0.25, 0.3) is 0 Å². The molecule has 0 spiro atoms. The van der Waals surface area contributed by atoms with Crippen LogP contribution < -0.4 is 4.74 Å². The van der Waals surface area contributed by atoms with Gasteiger partial charge in [0.25, 0.3) is 0 Å². The van der Waals surface area contributed by atoms with Crippen LogP contribution in [0.15, 0.2) is 30.3 Å². The first-order valence-corrected chi connectivity index (χ1v) is 5.47. The smallest absolute Gasteiger partial charge is 0.339 e. The van der Waals surface area contributed by atoms with Gasteiger partial charge in [-0.05, 0) is 32.9 Å². The molecule has 1 atom stereocenters. The Morgan fingerprint density at radius 3 is 2.41 bits per heavy atom. The van der Waals surface area contributed by atoms with Gasteiger partial charge < -0.3 is 14.6 Å². The molecule has 94 valence electrons. The summed E-state index contributed by atoms with van der Waals surface area (Å²) < 4.78 is 10.3. The van der Waals surface area contributed by atoms with E-state index in [0.29, 0.717) is 5.75 Å². The molecule has 0 radical (unpaired) electrons. The number of carbonyl (C=O) groups excluding carboxylic acids is 1. The zero-order valence-corrected chi connectivity index (χ0v) is 10.3. The van der Waals surface area contributed by atoms with Crippen molar-refractivity contribution in [3.63, 3.8) is 0 Å². The average Bonchev–Trinajstić information content (AvgIpc) is 2.25. The van der Waals surface area contributed by atoms with E-state index in [-0.39, 0.29) is 6.61 Å². The summed E-state index contributed by atoms with van der Waals surface area (Å²) in [6, 6.07) is 8.99. The van der Waals surface area contributed by atoms with Gasteiger partial charge in [0.15, 0.2) is 6.10 Å². The first-order valence-electron chi connectivity index (χ1n) is 5.47. The van der Waals surface area contributed by atoms with Crippen molar-refractivity contribution in [3.05, 3.63) is 30.3 Å². The van der Waals surface area contributed by atoms with Crippen LogP contribution in [0.4, 0.5) is 0 Å². The maximum Gasteiger partial charge on any atom is 0.339 e. The van der Waals surface area contributed by atoms with Crippen LogP contribution in [-0.2, 0) is 9.53 Å². The highest BCUT2D eigenvalue weighted by Crippen LogP contribution is 2.11. The minimum Gasteiger partial charge on any atom is -0.490 e. The molecule has 0 bridgehead atoms. The molecule has 1 aromatic rings. The van der Waals surface area contributed by atoms with Crippen molar-refractivity contribution in [1.29, 1.82) is 0 Å². The van der Waals surface area contributed by atoms with Crippen LogP contribution in [0.2, 0.25) is 0 Å². The second kappa shape index (κ2) is 5.68. The lowest BCUT2D eigenvalue weighted by Gasteiger charge is -2.21. The molecule has 4 nitrogen and oxygen atoms in total.